The molecule has 0 unspecified atom stereocenters. The molecule has 0 N–H and O–H groups in total. The van der Waals surface area contributed by atoms with Crippen LogP contribution in [-0.4, -0.2) is 65.6 Å². The van der Waals surface area contributed by atoms with Crippen LogP contribution in [0.4, 0.5) is 0 Å². The van der Waals surface area contributed by atoms with Crippen molar-refractivity contribution in [3.8, 4) is 0 Å². The van der Waals surface area contributed by atoms with Crippen LogP contribution in [0, 0.1) is 0 Å². The smallest absolute Gasteiger partial charge is 0.254 e. The van der Waals surface area contributed by atoms with E-state index < -0.39 is 16.1 Å². The summed E-state index contributed by atoms with van der Waals surface area (Å²) in [6, 6.07) is 8.83. The molecule has 1 amide bonds. The van der Waals surface area contributed by atoms with E-state index in [1.54, 1.807) is 41.6 Å². The van der Waals surface area contributed by atoms with E-state index in [0.717, 1.165) is 30.0 Å². The molecule has 39 heavy (non-hydrogen) atoms. The minimum absolute atomic E-state index is 0.171. The number of imidazole rings is 2. The lowest BCUT2D eigenvalue weighted by Crippen LogP contribution is -2.33. The van der Waals surface area contributed by atoms with Gasteiger partial charge in [-0.25, -0.2) is 9.97 Å². The Labute approximate surface area is 234 Å². The molecule has 0 bridgehead atoms. The molecular formula is C28H43N5O4Si2. The van der Waals surface area contributed by atoms with Gasteiger partial charge >= 0.3 is 0 Å². The average molecular weight is 570 g/mol. The van der Waals surface area contributed by atoms with Gasteiger partial charge in [-0.3, -0.25) is 9.59 Å². The molecule has 9 nitrogen and oxygen atoms in total. The highest BCUT2D eigenvalue weighted by Crippen LogP contribution is 2.16. The molecule has 0 aliphatic heterocycles. The number of nitrogens with zero attached hydrogens (tertiary/aromatic N) is 5. The van der Waals surface area contributed by atoms with Gasteiger partial charge in [0.25, 0.3) is 5.91 Å². The number of hydrogen-bond donors (Lipinski definition) is 0. The predicted octanol–water partition coefficient (Wildman–Crippen LogP) is 5.36. The molecule has 2 aromatic heterocycles. The van der Waals surface area contributed by atoms with Gasteiger partial charge in [-0.2, -0.15) is 0 Å². The molecule has 3 aromatic rings. The summed E-state index contributed by atoms with van der Waals surface area (Å²) in [7, 11) is -2.37. The van der Waals surface area contributed by atoms with Gasteiger partial charge in [0.1, 0.15) is 31.4 Å². The number of amides is 1. The van der Waals surface area contributed by atoms with Crippen LogP contribution >= 0.6 is 0 Å². The van der Waals surface area contributed by atoms with Crippen molar-refractivity contribution in [3.63, 3.8) is 0 Å². The van der Waals surface area contributed by atoms with Gasteiger partial charge in [0.15, 0.2) is 0 Å². The molecule has 0 aliphatic rings. The topological polar surface area (TPSA) is 91.5 Å². The minimum Gasteiger partial charge on any atom is -0.361 e. The van der Waals surface area contributed by atoms with Crippen molar-refractivity contribution >= 4 is 28.3 Å². The minimum atomic E-state index is -1.18. The van der Waals surface area contributed by atoms with Gasteiger partial charge in [0.05, 0.1) is 13.1 Å². The third-order valence-corrected chi connectivity index (χ3v) is 9.71. The summed E-state index contributed by atoms with van der Waals surface area (Å²) in [5.74, 6) is 1.28. The van der Waals surface area contributed by atoms with Gasteiger partial charge in [-0.05, 0) is 24.2 Å². The Kier molecular flexibility index (Phi) is 11.0. The van der Waals surface area contributed by atoms with Crippen LogP contribution in [0.1, 0.15) is 32.4 Å². The quantitative estimate of drug-likeness (QED) is 0.131. The molecule has 2 heterocycles. The van der Waals surface area contributed by atoms with Crippen LogP contribution in [-0.2, 0) is 36.0 Å². The molecule has 0 atom stereocenters. The van der Waals surface area contributed by atoms with E-state index in [0.29, 0.717) is 37.8 Å². The largest absolute Gasteiger partial charge is 0.361 e. The van der Waals surface area contributed by atoms with Crippen molar-refractivity contribution in [2.75, 3.05) is 13.2 Å². The number of carbonyl (C=O) groups excluding carboxylic acids is 2. The third kappa shape index (κ3) is 10.3. The van der Waals surface area contributed by atoms with E-state index in [-0.39, 0.29) is 19.0 Å². The Balaban J connectivity index is 1.75. The Hall–Kier alpha value is -2.87. The van der Waals surface area contributed by atoms with Gasteiger partial charge in [-0.15, -0.1) is 0 Å². The lowest BCUT2D eigenvalue weighted by molar-refractivity contribution is 0.0650. The van der Waals surface area contributed by atoms with E-state index in [4.69, 9.17) is 9.47 Å². The fourth-order valence-electron chi connectivity index (χ4n) is 3.73. The lowest BCUT2D eigenvalue weighted by atomic mass is 10.1. The molecule has 0 fully saturated rings. The van der Waals surface area contributed by atoms with Gasteiger partial charge in [0.2, 0.25) is 0 Å². The number of carbonyl (C=O) groups is 2. The SMILES string of the molecule is C[Si](C)(C)CCOCn1ccnc1CN(Cc1nccn1COCC[Si](C)(C)C)C(=O)c1ccc(C=O)cc1. The first kappa shape index (κ1) is 30.7. The molecule has 11 heteroatoms. The van der Waals surface area contributed by atoms with Crippen molar-refractivity contribution < 1.29 is 19.1 Å². The van der Waals surface area contributed by atoms with Crippen LogP contribution < -0.4 is 0 Å². The highest BCUT2D eigenvalue weighted by Gasteiger charge is 2.21. The van der Waals surface area contributed by atoms with Crippen LogP contribution in [0.3, 0.4) is 0 Å². The molecule has 0 aliphatic carbocycles. The summed E-state index contributed by atoms with van der Waals surface area (Å²) in [5, 5.41) is 0. The normalized spacial score (nSPS) is 12.1. The Morgan fingerprint density at radius 1 is 0.821 bits per heavy atom. The lowest BCUT2D eigenvalue weighted by Gasteiger charge is -2.24. The zero-order chi connectivity index (χ0) is 28.5. The van der Waals surface area contributed by atoms with Crippen LogP contribution in [0.2, 0.25) is 51.4 Å². The fourth-order valence-corrected chi connectivity index (χ4v) is 5.24. The Morgan fingerprint density at radius 2 is 1.28 bits per heavy atom. The van der Waals surface area contributed by atoms with Crippen LogP contribution in [0.25, 0.3) is 0 Å². The zero-order valence-corrected chi connectivity index (χ0v) is 26.2. The second-order valence-electron chi connectivity index (χ2n) is 12.2. The Morgan fingerprint density at radius 3 is 1.69 bits per heavy atom. The maximum Gasteiger partial charge on any atom is 0.254 e. The molecule has 3 rings (SSSR count). The summed E-state index contributed by atoms with van der Waals surface area (Å²) >= 11 is 0. The number of benzene rings is 1. The summed E-state index contributed by atoms with van der Waals surface area (Å²) < 4.78 is 15.8. The van der Waals surface area contributed by atoms with E-state index in [1.807, 2.05) is 21.5 Å². The van der Waals surface area contributed by atoms with Gasteiger partial charge in [-0.1, -0.05) is 51.4 Å². The summed E-state index contributed by atoms with van der Waals surface area (Å²) in [5.41, 5.74) is 1.02. The van der Waals surface area contributed by atoms with E-state index in [1.165, 1.54) is 0 Å². The molecule has 0 saturated heterocycles. The fraction of sp³-hybridized carbons (Fsp3) is 0.500. The maximum absolute atomic E-state index is 13.7. The van der Waals surface area contributed by atoms with Gasteiger partial charge < -0.3 is 23.5 Å². The number of aldehydes is 1. The Bertz CT molecular complexity index is 1130. The first-order valence-corrected chi connectivity index (χ1v) is 20.9. The molecular weight excluding hydrogens is 527 g/mol. The molecule has 1 aromatic carbocycles. The number of aromatic nitrogens is 4. The molecule has 0 saturated carbocycles. The van der Waals surface area contributed by atoms with Crippen molar-refractivity contribution in [1.82, 2.24) is 24.0 Å². The highest BCUT2D eigenvalue weighted by atomic mass is 28.3. The highest BCUT2D eigenvalue weighted by molar-refractivity contribution is 6.76. The predicted molar refractivity (Wildman–Crippen MR) is 158 cm³/mol. The number of rotatable bonds is 16. The maximum atomic E-state index is 13.7. The number of hydrogen-bond acceptors (Lipinski definition) is 6. The van der Waals surface area contributed by atoms with Crippen LogP contribution in [0.15, 0.2) is 49.1 Å². The first-order chi connectivity index (χ1) is 18.4. The zero-order valence-electron chi connectivity index (χ0n) is 24.2. The van der Waals surface area contributed by atoms with Crippen molar-refractivity contribution in [2.45, 2.75) is 77.9 Å². The first-order valence-electron chi connectivity index (χ1n) is 13.5. The summed E-state index contributed by atoms with van der Waals surface area (Å²) in [6.07, 6.45) is 7.97. The van der Waals surface area contributed by atoms with Crippen LogP contribution in [0.5, 0.6) is 0 Å². The van der Waals surface area contributed by atoms with E-state index >= 15 is 0 Å². The summed E-state index contributed by atoms with van der Waals surface area (Å²) in [6.45, 7) is 16.7. The average Bonchev–Trinajstić information content (AvgIpc) is 3.51. The van der Waals surface area contributed by atoms with Gasteiger partial charge in [0, 0.05) is 65.3 Å². The molecule has 0 spiro atoms. The molecule has 0 radical (unpaired) electrons. The second-order valence-corrected chi connectivity index (χ2v) is 23.5. The monoisotopic (exact) mass is 569 g/mol. The van der Waals surface area contributed by atoms with Crippen molar-refractivity contribution in [2.24, 2.45) is 0 Å². The van der Waals surface area contributed by atoms with Crippen molar-refractivity contribution in [3.05, 3.63) is 71.8 Å². The van der Waals surface area contributed by atoms with E-state index in [9.17, 15) is 9.59 Å². The van der Waals surface area contributed by atoms with Crippen molar-refractivity contribution in [1.29, 1.82) is 0 Å². The van der Waals surface area contributed by atoms with E-state index in [2.05, 4.69) is 49.3 Å². The standard InChI is InChI=1S/C28H43N5O4Si2/c1-38(2,3)17-15-36-22-31-13-11-29-26(31)19-33(28(35)25-9-7-24(21-34)8-10-25)20-27-30-12-14-32(27)23-37-16-18-39(4,5)6/h7-14,21H,15-20,22-23H2,1-6H3. The third-order valence-electron chi connectivity index (χ3n) is 6.30. The second kappa shape index (κ2) is 14.0. The number of ether oxygens (including phenoxy) is 2. The summed E-state index contributed by atoms with van der Waals surface area (Å²) in [4.78, 5) is 35.6. The molecule has 212 valence electrons.